The number of rotatable bonds is 9. The van der Waals surface area contributed by atoms with Gasteiger partial charge in [0.15, 0.2) is 0 Å². The van der Waals surface area contributed by atoms with Gasteiger partial charge in [-0.25, -0.2) is 0 Å². The molecule has 0 aliphatic heterocycles. The molecule has 1 unspecified atom stereocenters. The van der Waals surface area contributed by atoms with Gasteiger partial charge in [0, 0.05) is 32.1 Å². The predicted octanol–water partition coefficient (Wildman–Crippen LogP) is 2.25. The highest BCUT2D eigenvalue weighted by Gasteiger charge is 2.21. The minimum absolute atomic E-state index is 0.648. The van der Waals surface area contributed by atoms with Gasteiger partial charge >= 0.3 is 0 Å². The maximum Gasteiger partial charge on any atom is 0.0635 e. The van der Waals surface area contributed by atoms with E-state index in [1.165, 1.54) is 12.8 Å². The highest BCUT2D eigenvalue weighted by molar-refractivity contribution is 4.82. The first-order valence-electron chi connectivity index (χ1n) is 6.94. The minimum atomic E-state index is 0.648. The molecule has 0 amide bonds. The van der Waals surface area contributed by atoms with Gasteiger partial charge in [-0.1, -0.05) is 20.8 Å². The summed E-state index contributed by atoms with van der Waals surface area (Å²) in [6.07, 6.45) is 3.36. The monoisotopic (exact) mass is 237 g/mol. The van der Waals surface area contributed by atoms with Crippen molar-refractivity contribution in [2.24, 2.45) is 11.8 Å². The fraction of sp³-hybridized carbons (Fsp3) is 0.929. The molecular formula is C14H27N3. The topological polar surface area (TPSA) is 39.1 Å². The highest BCUT2D eigenvalue weighted by atomic mass is 15.1. The molecule has 1 atom stereocenters. The third-order valence-corrected chi connectivity index (χ3v) is 3.07. The molecule has 17 heavy (non-hydrogen) atoms. The molecule has 3 nitrogen and oxygen atoms in total. The molecule has 0 heterocycles. The third kappa shape index (κ3) is 7.36. The van der Waals surface area contributed by atoms with Gasteiger partial charge in [-0.3, -0.25) is 0 Å². The zero-order valence-corrected chi connectivity index (χ0v) is 11.6. The van der Waals surface area contributed by atoms with E-state index in [-0.39, 0.29) is 0 Å². The average molecular weight is 237 g/mol. The van der Waals surface area contributed by atoms with Crippen LogP contribution in [0.15, 0.2) is 0 Å². The third-order valence-electron chi connectivity index (χ3n) is 3.07. The van der Waals surface area contributed by atoms with E-state index >= 15 is 0 Å². The summed E-state index contributed by atoms with van der Waals surface area (Å²) >= 11 is 0. The molecule has 3 heteroatoms. The number of nitrogens with one attached hydrogen (secondary N) is 1. The van der Waals surface area contributed by atoms with Crippen LogP contribution >= 0.6 is 0 Å². The molecule has 1 aliphatic carbocycles. The Hall–Kier alpha value is -0.590. The van der Waals surface area contributed by atoms with Crippen molar-refractivity contribution >= 4 is 0 Å². The van der Waals surface area contributed by atoms with Crippen LogP contribution in [0.3, 0.4) is 0 Å². The summed E-state index contributed by atoms with van der Waals surface area (Å²) in [5.41, 5.74) is 0. The molecule has 0 saturated heterocycles. The molecule has 1 rings (SSSR count). The van der Waals surface area contributed by atoms with Crippen LogP contribution in [0.4, 0.5) is 0 Å². The fourth-order valence-corrected chi connectivity index (χ4v) is 2.14. The summed E-state index contributed by atoms with van der Waals surface area (Å²) in [7, 11) is 0. The molecule has 1 fully saturated rings. The summed E-state index contributed by atoms with van der Waals surface area (Å²) in [5.74, 6) is 1.35. The molecule has 0 aromatic heterocycles. The summed E-state index contributed by atoms with van der Waals surface area (Å²) in [6, 6.07) is 3.05. The smallest absolute Gasteiger partial charge is 0.0635 e. The largest absolute Gasteiger partial charge is 0.314 e. The average Bonchev–Trinajstić information content (AvgIpc) is 3.06. The highest BCUT2D eigenvalue weighted by Crippen LogP contribution is 2.18. The zero-order valence-electron chi connectivity index (χ0n) is 11.6. The Morgan fingerprint density at radius 2 is 2.00 bits per heavy atom. The normalized spacial score (nSPS) is 17.4. The van der Waals surface area contributed by atoms with Gasteiger partial charge in [-0.05, 0) is 31.2 Å². The Balaban J connectivity index is 2.21. The summed E-state index contributed by atoms with van der Waals surface area (Å²) in [5, 5.41) is 12.3. The van der Waals surface area contributed by atoms with Crippen LogP contribution in [-0.2, 0) is 0 Å². The van der Waals surface area contributed by atoms with Crippen molar-refractivity contribution in [2.45, 2.75) is 46.1 Å². The van der Waals surface area contributed by atoms with Crippen LogP contribution in [0.1, 0.15) is 40.0 Å². The first-order valence-corrected chi connectivity index (χ1v) is 6.94. The Bertz CT molecular complexity index is 240. The lowest BCUT2D eigenvalue weighted by Crippen LogP contribution is -2.36. The molecule has 98 valence electrons. The van der Waals surface area contributed by atoms with Crippen molar-refractivity contribution in [3.05, 3.63) is 0 Å². The van der Waals surface area contributed by atoms with E-state index < -0.39 is 0 Å². The minimum Gasteiger partial charge on any atom is -0.314 e. The molecule has 0 spiro atoms. The van der Waals surface area contributed by atoms with Crippen LogP contribution in [-0.4, -0.2) is 37.1 Å². The molecule has 0 radical (unpaired) electrons. The van der Waals surface area contributed by atoms with Gasteiger partial charge in [0.1, 0.15) is 0 Å². The molecule has 0 aromatic rings. The fourth-order valence-electron chi connectivity index (χ4n) is 2.14. The van der Waals surface area contributed by atoms with E-state index in [9.17, 15) is 0 Å². The van der Waals surface area contributed by atoms with E-state index in [1.54, 1.807) is 0 Å². The maximum atomic E-state index is 8.68. The standard InChI is InChI=1S/C14H27N3/c1-12(2)10-17(8-4-7-15)11-13(3)9-16-14-5-6-14/h12-14,16H,4-6,8-11H2,1-3H3. The van der Waals surface area contributed by atoms with Gasteiger partial charge in [0.25, 0.3) is 0 Å². The van der Waals surface area contributed by atoms with Crippen LogP contribution in [0.5, 0.6) is 0 Å². The number of hydrogen-bond donors (Lipinski definition) is 1. The second kappa shape index (κ2) is 7.68. The lowest BCUT2D eigenvalue weighted by atomic mass is 10.1. The van der Waals surface area contributed by atoms with Crippen LogP contribution in [0.2, 0.25) is 0 Å². The Labute approximate surface area is 106 Å². The van der Waals surface area contributed by atoms with Gasteiger partial charge in [-0.2, -0.15) is 5.26 Å². The zero-order chi connectivity index (χ0) is 12.7. The van der Waals surface area contributed by atoms with Gasteiger partial charge in [0.05, 0.1) is 6.07 Å². The Kier molecular flexibility index (Phi) is 6.54. The molecule has 1 aliphatic rings. The summed E-state index contributed by atoms with van der Waals surface area (Å²) in [6.45, 7) is 11.0. The SMILES string of the molecule is CC(C)CN(CCC#N)CC(C)CNC1CC1. The van der Waals surface area contributed by atoms with Gasteiger partial charge in [0.2, 0.25) is 0 Å². The van der Waals surface area contributed by atoms with E-state index in [0.29, 0.717) is 18.3 Å². The van der Waals surface area contributed by atoms with E-state index in [1.807, 2.05) is 0 Å². The first-order chi connectivity index (χ1) is 8.11. The van der Waals surface area contributed by atoms with Gasteiger partial charge in [-0.15, -0.1) is 0 Å². The Morgan fingerprint density at radius 1 is 1.29 bits per heavy atom. The number of nitrogens with zero attached hydrogens (tertiary/aromatic N) is 2. The van der Waals surface area contributed by atoms with E-state index in [4.69, 9.17) is 5.26 Å². The second-order valence-electron chi connectivity index (χ2n) is 5.85. The molecule has 0 aromatic carbocycles. The maximum absolute atomic E-state index is 8.68. The lowest BCUT2D eigenvalue weighted by Gasteiger charge is -2.26. The van der Waals surface area contributed by atoms with Crippen LogP contribution < -0.4 is 5.32 Å². The molecule has 1 N–H and O–H groups in total. The van der Waals surface area contributed by atoms with Crippen molar-refractivity contribution in [1.82, 2.24) is 10.2 Å². The first kappa shape index (κ1) is 14.5. The molecular weight excluding hydrogens is 210 g/mol. The van der Waals surface area contributed by atoms with Crippen LogP contribution in [0.25, 0.3) is 0 Å². The van der Waals surface area contributed by atoms with Crippen molar-refractivity contribution in [3.8, 4) is 6.07 Å². The van der Waals surface area contributed by atoms with E-state index in [0.717, 1.165) is 32.2 Å². The number of nitriles is 1. The predicted molar refractivity (Wildman–Crippen MR) is 71.7 cm³/mol. The van der Waals surface area contributed by atoms with E-state index in [2.05, 4.69) is 37.1 Å². The second-order valence-corrected chi connectivity index (χ2v) is 5.85. The van der Waals surface area contributed by atoms with Gasteiger partial charge < -0.3 is 10.2 Å². The molecule has 0 bridgehead atoms. The van der Waals surface area contributed by atoms with Crippen molar-refractivity contribution in [3.63, 3.8) is 0 Å². The number of hydrogen-bond acceptors (Lipinski definition) is 3. The quantitative estimate of drug-likeness (QED) is 0.668. The summed E-state index contributed by atoms with van der Waals surface area (Å²) in [4.78, 5) is 2.44. The summed E-state index contributed by atoms with van der Waals surface area (Å²) < 4.78 is 0. The lowest BCUT2D eigenvalue weighted by molar-refractivity contribution is 0.215. The van der Waals surface area contributed by atoms with Crippen LogP contribution in [0, 0.1) is 23.2 Å². The van der Waals surface area contributed by atoms with Crippen molar-refractivity contribution in [1.29, 1.82) is 5.26 Å². The van der Waals surface area contributed by atoms with Crippen molar-refractivity contribution < 1.29 is 0 Å². The Morgan fingerprint density at radius 3 is 2.53 bits per heavy atom. The molecule has 1 saturated carbocycles. The van der Waals surface area contributed by atoms with Crippen molar-refractivity contribution in [2.75, 3.05) is 26.2 Å².